The first-order valence-electron chi connectivity index (χ1n) is 6.22. The highest BCUT2D eigenvalue weighted by atomic mass is 16.6. The Morgan fingerprint density at radius 3 is 2.05 bits per heavy atom. The van der Waals surface area contributed by atoms with Gasteiger partial charge in [0.25, 0.3) is 5.75 Å². The van der Waals surface area contributed by atoms with Gasteiger partial charge in [-0.1, -0.05) is 17.7 Å². The lowest BCUT2D eigenvalue weighted by atomic mass is 10.0. The minimum atomic E-state index is -0.979. The molecule has 0 amide bonds. The van der Waals surface area contributed by atoms with Crippen molar-refractivity contribution >= 4 is 11.4 Å². The van der Waals surface area contributed by atoms with Gasteiger partial charge in [-0.2, -0.15) is 0 Å². The summed E-state index contributed by atoms with van der Waals surface area (Å²) in [7, 11) is 0. The normalized spacial score (nSPS) is 10.4. The molecule has 2 aromatic rings. The summed E-state index contributed by atoms with van der Waals surface area (Å²) in [5, 5.41) is 41.2. The Labute approximate surface area is 124 Å². The molecule has 0 aliphatic heterocycles. The summed E-state index contributed by atoms with van der Waals surface area (Å²) in [6.07, 6.45) is 0.0650. The minimum absolute atomic E-state index is 0.0102. The fourth-order valence-electron chi connectivity index (χ4n) is 2.12. The van der Waals surface area contributed by atoms with Crippen molar-refractivity contribution in [3.8, 4) is 11.5 Å². The monoisotopic (exact) mass is 304 g/mol. The summed E-state index contributed by atoms with van der Waals surface area (Å²) in [5.41, 5.74) is 0.120. The predicted octanol–water partition coefficient (Wildman–Crippen LogP) is 2.81. The van der Waals surface area contributed by atoms with E-state index in [1.54, 1.807) is 12.1 Å². The maximum Gasteiger partial charge on any atom is 0.318 e. The zero-order valence-electron chi connectivity index (χ0n) is 11.5. The first-order valence-corrected chi connectivity index (χ1v) is 6.22. The molecule has 2 N–H and O–H groups in total. The number of hydrogen-bond acceptors (Lipinski definition) is 6. The summed E-state index contributed by atoms with van der Waals surface area (Å²) in [6, 6.07) is 6.97. The Morgan fingerprint density at radius 1 is 1.00 bits per heavy atom. The fraction of sp³-hybridized carbons (Fsp3) is 0.143. The SMILES string of the molecule is Cc1ccc(O)c(Cc2cc([N+](=O)[O-])c(O)c([N+](=O)[O-])c2)c1. The summed E-state index contributed by atoms with van der Waals surface area (Å²) >= 11 is 0. The Bertz CT molecular complexity index is 737. The zero-order chi connectivity index (χ0) is 16.4. The molecule has 2 rings (SSSR count). The molecular weight excluding hydrogens is 292 g/mol. The third kappa shape index (κ3) is 2.95. The molecule has 0 radical (unpaired) electrons. The summed E-state index contributed by atoms with van der Waals surface area (Å²) in [6.45, 7) is 1.81. The third-order valence-corrected chi connectivity index (χ3v) is 3.15. The average molecular weight is 304 g/mol. The van der Waals surface area contributed by atoms with E-state index in [1.807, 2.05) is 6.92 Å². The lowest BCUT2D eigenvalue weighted by Gasteiger charge is -2.07. The van der Waals surface area contributed by atoms with E-state index >= 15 is 0 Å². The van der Waals surface area contributed by atoms with Crippen LogP contribution in [-0.2, 0) is 6.42 Å². The summed E-state index contributed by atoms with van der Waals surface area (Å²) in [4.78, 5) is 20.0. The molecule has 2 aromatic carbocycles. The first-order chi connectivity index (χ1) is 10.3. The zero-order valence-corrected chi connectivity index (χ0v) is 11.5. The molecule has 0 aliphatic rings. The highest BCUT2D eigenvalue weighted by molar-refractivity contribution is 5.61. The summed E-state index contributed by atoms with van der Waals surface area (Å²) < 4.78 is 0. The second-order valence-corrected chi connectivity index (χ2v) is 4.81. The Hall–Kier alpha value is -3.16. The molecule has 0 aromatic heterocycles. The van der Waals surface area contributed by atoms with Gasteiger partial charge < -0.3 is 10.2 Å². The molecule has 8 nitrogen and oxygen atoms in total. The van der Waals surface area contributed by atoms with Crippen LogP contribution in [0.4, 0.5) is 11.4 Å². The number of hydrogen-bond donors (Lipinski definition) is 2. The topological polar surface area (TPSA) is 127 Å². The van der Waals surface area contributed by atoms with E-state index in [9.17, 15) is 30.4 Å². The lowest BCUT2D eigenvalue weighted by molar-refractivity contribution is -0.396. The van der Waals surface area contributed by atoms with Crippen LogP contribution in [-0.4, -0.2) is 20.1 Å². The molecule has 0 heterocycles. The second-order valence-electron chi connectivity index (χ2n) is 4.81. The quantitative estimate of drug-likeness (QED) is 0.660. The fourth-order valence-corrected chi connectivity index (χ4v) is 2.12. The van der Waals surface area contributed by atoms with Gasteiger partial charge in [0.1, 0.15) is 5.75 Å². The average Bonchev–Trinajstić information content (AvgIpc) is 2.44. The van der Waals surface area contributed by atoms with E-state index in [-0.39, 0.29) is 17.7 Å². The van der Waals surface area contributed by atoms with Gasteiger partial charge in [-0.25, -0.2) is 0 Å². The van der Waals surface area contributed by atoms with E-state index in [0.717, 1.165) is 17.7 Å². The van der Waals surface area contributed by atoms with Crippen LogP contribution in [0.2, 0.25) is 0 Å². The standard InChI is InChI=1S/C14H12N2O6/c1-8-2-3-13(17)10(4-8)5-9-6-11(15(19)20)14(18)12(7-9)16(21)22/h2-4,6-7,17-18H,5H2,1H3. The van der Waals surface area contributed by atoms with E-state index in [4.69, 9.17) is 0 Å². The van der Waals surface area contributed by atoms with Crippen LogP contribution in [0.1, 0.15) is 16.7 Å². The molecule has 0 saturated heterocycles. The van der Waals surface area contributed by atoms with Crippen molar-refractivity contribution < 1.29 is 20.1 Å². The van der Waals surface area contributed by atoms with E-state index < -0.39 is 27.0 Å². The van der Waals surface area contributed by atoms with Crippen LogP contribution in [0.15, 0.2) is 30.3 Å². The maximum absolute atomic E-state index is 10.9. The molecule has 0 spiro atoms. The van der Waals surface area contributed by atoms with Crippen LogP contribution in [0.25, 0.3) is 0 Å². The predicted molar refractivity (Wildman–Crippen MR) is 77.1 cm³/mol. The minimum Gasteiger partial charge on any atom is -0.508 e. The molecule has 0 fully saturated rings. The number of nitrogens with zero attached hydrogens (tertiary/aromatic N) is 2. The van der Waals surface area contributed by atoms with E-state index in [1.165, 1.54) is 6.07 Å². The van der Waals surface area contributed by atoms with Crippen molar-refractivity contribution in [3.63, 3.8) is 0 Å². The molecule has 8 heteroatoms. The molecule has 0 atom stereocenters. The number of rotatable bonds is 4. The number of phenolic OH excluding ortho intramolecular Hbond substituents is 2. The van der Waals surface area contributed by atoms with Crippen molar-refractivity contribution in [2.24, 2.45) is 0 Å². The second kappa shape index (κ2) is 5.68. The first kappa shape index (κ1) is 15.2. The molecule has 0 unspecified atom stereocenters. The van der Waals surface area contributed by atoms with E-state index in [2.05, 4.69) is 0 Å². The molecule has 114 valence electrons. The van der Waals surface area contributed by atoms with Crippen LogP contribution in [0, 0.1) is 27.2 Å². The number of nitro groups is 2. The van der Waals surface area contributed by atoms with Gasteiger partial charge in [-0.15, -0.1) is 0 Å². The van der Waals surface area contributed by atoms with Crippen molar-refractivity contribution in [2.45, 2.75) is 13.3 Å². The van der Waals surface area contributed by atoms with Gasteiger partial charge >= 0.3 is 11.4 Å². The van der Waals surface area contributed by atoms with Crippen molar-refractivity contribution in [1.82, 2.24) is 0 Å². The van der Waals surface area contributed by atoms with Gasteiger partial charge in [-0.05, 0) is 24.1 Å². The van der Waals surface area contributed by atoms with Gasteiger partial charge in [0.2, 0.25) is 0 Å². The van der Waals surface area contributed by atoms with Crippen LogP contribution >= 0.6 is 0 Å². The molecule has 22 heavy (non-hydrogen) atoms. The van der Waals surface area contributed by atoms with Crippen molar-refractivity contribution in [2.75, 3.05) is 0 Å². The van der Waals surface area contributed by atoms with Gasteiger partial charge in [-0.3, -0.25) is 20.2 Å². The van der Waals surface area contributed by atoms with E-state index in [0.29, 0.717) is 5.56 Å². The Kier molecular flexibility index (Phi) is 3.93. The highest BCUT2D eigenvalue weighted by Gasteiger charge is 2.26. The van der Waals surface area contributed by atoms with Gasteiger partial charge in [0, 0.05) is 18.6 Å². The Balaban J connectivity index is 2.53. The van der Waals surface area contributed by atoms with Crippen molar-refractivity contribution in [3.05, 3.63) is 67.3 Å². The van der Waals surface area contributed by atoms with Crippen LogP contribution < -0.4 is 0 Å². The summed E-state index contributed by atoms with van der Waals surface area (Å²) in [5.74, 6) is -0.990. The van der Waals surface area contributed by atoms with Crippen molar-refractivity contribution in [1.29, 1.82) is 0 Å². The molecule has 0 bridgehead atoms. The highest BCUT2D eigenvalue weighted by Crippen LogP contribution is 2.37. The molecular formula is C14H12N2O6. The number of nitro benzene ring substituents is 2. The smallest absolute Gasteiger partial charge is 0.318 e. The number of aromatic hydroxyl groups is 2. The maximum atomic E-state index is 10.9. The lowest BCUT2D eigenvalue weighted by Crippen LogP contribution is -1.98. The van der Waals surface area contributed by atoms with Gasteiger partial charge in [0.15, 0.2) is 0 Å². The third-order valence-electron chi connectivity index (χ3n) is 3.15. The largest absolute Gasteiger partial charge is 0.508 e. The van der Waals surface area contributed by atoms with Crippen LogP contribution in [0.5, 0.6) is 11.5 Å². The number of aryl methyl sites for hydroxylation is 1. The number of phenols is 2. The molecule has 0 aliphatic carbocycles. The number of benzene rings is 2. The van der Waals surface area contributed by atoms with Crippen LogP contribution in [0.3, 0.4) is 0 Å². The van der Waals surface area contributed by atoms with Gasteiger partial charge in [0.05, 0.1) is 9.85 Å². The molecule has 0 saturated carbocycles. The Morgan fingerprint density at radius 2 is 1.55 bits per heavy atom.